The monoisotopic (exact) mass is 553 g/mol. The topological polar surface area (TPSA) is 38.8 Å². The van der Waals surface area contributed by atoms with Gasteiger partial charge in [0.1, 0.15) is 17.4 Å². The molecule has 0 aromatic heterocycles. The number of benzene rings is 3. The van der Waals surface area contributed by atoms with Crippen LogP contribution in [0.4, 0.5) is 14.5 Å². The number of carbonyl (C=O) groups excluding carboxylic acids is 1. The van der Waals surface area contributed by atoms with Crippen molar-refractivity contribution in [3.8, 4) is 5.75 Å². The lowest BCUT2D eigenvalue weighted by atomic mass is 9.78. The zero-order valence-corrected chi connectivity index (χ0v) is 25.0. The third kappa shape index (κ3) is 6.98. The van der Waals surface area contributed by atoms with Gasteiger partial charge < -0.3 is 13.8 Å². The Hall–Kier alpha value is -2.82. The summed E-state index contributed by atoms with van der Waals surface area (Å²) in [5.74, 6) is -0.0465. The van der Waals surface area contributed by atoms with Gasteiger partial charge in [-0.15, -0.1) is 0 Å². The molecule has 0 radical (unpaired) electrons. The molecule has 3 aromatic carbocycles. The van der Waals surface area contributed by atoms with Crippen molar-refractivity contribution in [2.75, 3.05) is 4.90 Å². The largest absolute Gasteiger partial charge is 0.544 e. The zero-order chi connectivity index (χ0) is 27.7. The minimum absolute atomic E-state index is 0.00916. The molecule has 38 heavy (non-hydrogen) atoms. The van der Waals surface area contributed by atoms with Crippen molar-refractivity contribution in [2.45, 2.75) is 64.3 Å². The first-order chi connectivity index (χ1) is 17.8. The van der Waals surface area contributed by atoms with E-state index in [0.29, 0.717) is 18.5 Å². The molecule has 1 amide bonds. The molecule has 8 heteroatoms. The van der Waals surface area contributed by atoms with E-state index in [9.17, 15) is 13.6 Å². The van der Waals surface area contributed by atoms with Gasteiger partial charge in [0.25, 0.3) is 0 Å². The maximum absolute atomic E-state index is 13.6. The minimum Gasteiger partial charge on any atom is -0.544 e. The van der Waals surface area contributed by atoms with Crippen LogP contribution in [0.1, 0.15) is 36.1 Å². The molecule has 4 nitrogen and oxygen atoms in total. The van der Waals surface area contributed by atoms with E-state index in [1.165, 1.54) is 24.3 Å². The lowest BCUT2D eigenvalue weighted by molar-refractivity contribution is -0.131. The molecule has 1 fully saturated rings. The Kier molecular flexibility index (Phi) is 8.25. The van der Waals surface area contributed by atoms with Gasteiger partial charge in [0.05, 0.1) is 18.1 Å². The van der Waals surface area contributed by atoms with Crippen LogP contribution in [-0.4, -0.2) is 22.5 Å². The molecule has 0 unspecified atom stereocenters. The molecule has 4 rings (SSSR count). The third-order valence-electron chi connectivity index (χ3n) is 6.44. The predicted octanol–water partition coefficient (Wildman–Crippen LogP) is 8.26. The van der Waals surface area contributed by atoms with Gasteiger partial charge in [-0.1, -0.05) is 24.3 Å². The Morgan fingerprint density at radius 2 is 1.34 bits per heavy atom. The molecule has 3 atom stereocenters. The number of halogens is 2. The summed E-state index contributed by atoms with van der Waals surface area (Å²) in [6.45, 7) is 12.8. The molecule has 202 valence electrons. The number of carbonyl (C=O) groups is 1. The van der Waals surface area contributed by atoms with Crippen LogP contribution in [0, 0.1) is 17.6 Å². The fourth-order valence-corrected chi connectivity index (χ4v) is 6.87. The van der Waals surface area contributed by atoms with Crippen LogP contribution in [0.15, 0.2) is 72.8 Å². The number of hydrogen-bond donors (Lipinski definition) is 0. The van der Waals surface area contributed by atoms with Gasteiger partial charge in [0.15, 0.2) is 8.32 Å². The van der Waals surface area contributed by atoms with Crippen LogP contribution in [0.3, 0.4) is 0 Å². The molecular weight excluding hydrogens is 517 g/mol. The summed E-state index contributed by atoms with van der Waals surface area (Å²) in [5, 5.41) is 0. The van der Waals surface area contributed by atoms with Crippen molar-refractivity contribution in [3.63, 3.8) is 0 Å². The summed E-state index contributed by atoms with van der Waals surface area (Å²) < 4.78 is 39.8. The second-order valence-electron chi connectivity index (χ2n) is 11.9. The molecule has 1 aliphatic rings. The van der Waals surface area contributed by atoms with Crippen molar-refractivity contribution in [1.29, 1.82) is 0 Å². The van der Waals surface area contributed by atoms with Crippen LogP contribution in [-0.2, 0) is 9.22 Å². The van der Waals surface area contributed by atoms with Gasteiger partial charge in [0.2, 0.25) is 14.2 Å². The van der Waals surface area contributed by atoms with Gasteiger partial charge in [-0.3, -0.25) is 4.79 Å². The van der Waals surface area contributed by atoms with Crippen LogP contribution < -0.4 is 9.33 Å². The van der Waals surface area contributed by atoms with Crippen molar-refractivity contribution in [3.05, 3.63) is 95.6 Å². The van der Waals surface area contributed by atoms with Gasteiger partial charge >= 0.3 is 0 Å². The summed E-state index contributed by atoms with van der Waals surface area (Å²) in [4.78, 5) is 15.3. The first-order valence-electron chi connectivity index (χ1n) is 13.1. The van der Waals surface area contributed by atoms with Gasteiger partial charge in [0, 0.05) is 5.69 Å². The number of anilines is 1. The van der Waals surface area contributed by atoms with E-state index in [4.69, 9.17) is 8.85 Å². The van der Waals surface area contributed by atoms with Gasteiger partial charge in [-0.2, -0.15) is 0 Å². The third-order valence-corrected chi connectivity index (χ3v) is 8.28. The van der Waals surface area contributed by atoms with Crippen molar-refractivity contribution >= 4 is 28.2 Å². The highest BCUT2D eigenvalue weighted by molar-refractivity contribution is 6.70. The summed E-state index contributed by atoms with van der Waals surface area (Å²) >= 11 is 0. The molecule has 0 bridgehead atoms. The highest BCUT2D eigenvalue weighted by atomic mass is 28.4. The van der Waals surface area contributed by atoms with Gasteiger partial charge in [-0.05, 0) is 112 Å². The first kappa shape index (κ1) is 28.2. The number of nitrogens with zero attached hydrogens (tertiary/aromatic N) is 1. The maximum atomic E-state index is 13.6. The van der Waals surface area contributed by atoms with Crippen molar-refractivity contribution in [2.24, 2.45) is 5.92 Å². The molecule has 0 spiro atoms. The molecule has 0 aliphatic carbocycles. The van der Waals surface area contributed by atoms with E-state index in [1.807, 2.05) is 24.3 Å². The second-order valence-corrected chi connectivity index (χ2v) is 20.8. The van der Waals surface area contributed by atoms with E-state index >= 15 is 0 Å². The van der Waals surface area contributed by atoms with Crippen molar-refractivity contribution in [1.82, 2.24) is 0 Å². The maximum Gasteiger partial charge on any atom is 0.242 e. The Morgan fingerprint density at radius 3 is 1.87 bits per heavy atom. The molecule has 1 saturated heterocycles. The summed E-state index contributed by atoms with van der Waals surface area (Å²) in [6, 6.07) is 20.3. The predicted molar refractivity (Wildman–Crippen MR) is 153 cm³/mol. The quantitative estimate of drug-likeness (QED) is 0.187. The Labute approximate surface area is 226 Å². The van der Waals surface area contributed by atoms with Crippen LogP contribution in [0.2, 0.25) is 39.3 Å². The average molecular weight is 554 g/mol. The minimum atomic E-state index is -1.91. The van der Waals surface area contributed by atoms with Crippen LogP contribution in [0.25, 0.3) is 0 Å². The van der Waals surface area contributed by atoms with E-state index < -0.39 is 16.6 Å². The number of rotatable bonds is 10. The normalized spacial score (nSPS) is 18.7. The zero-order valence-electron chi connectivity index (χ0n) is 23.0. The highest BCUT2D eigenvalue weighted by Gasteiger charge is 2.48. The molecule has 0 N–H and O–H groups in total. The molecular formula is C30H37F2NO3Si2. The SMILES string of the molecule is C[Si](C)(C)Oc1ccc([C@H]2[C@H](CC[C@@H](O[Si](C)(C)C)c3ccc(F)cc3)C(=O)N2c2ccc(F)cc2)cc1. The molecule has 0 saturated carbocycles. The average Bonchev–Trinajstić information content (AvgIpc) is 2.82. The van der Waals surface area contributed by atoms with Gasteiger partial charge in [-0.25, -0.2) is 8.78 Å². The fourth-order valence-electron chi connectivity index (χ4n) is 4.92. The van der Waals surface area contributed by atoms with Crippen molar-refractivity contribution < 1.29 is 22.4 Å². The number of amides is 1. The van der Waals surface area contributed by atoms with E-state index in [2.05, 4.69) is 39.3 Å². The lowest BCUT2D eigenvalue weighted by Crippen LogP contribution is -2.55. The van der Waals surface area contributed by atoms with Crippen LogP contribution >= 0.6 is 0 Å². The lowest BCUT2D eigenvalue weighted by Gasteiger charge is -2.48. The summed E-state index contributed by atoms with van der Waals surface area (Å²) in [6.07, 6.45) is 1.03. The van der Waals surface area contributed by atoms with E-state index in [1.54, 1.807) is 29.2 Å². The fraction of sp³-hybridized carbons (Fsp3) is 0.367. The number of hydrogen-bond acceptors (Lipinski definition) is 3. The molecule has 1 aliphatic heterocycles. The number of β-lactam (4-membered cyclic amide) rings is 1. The Morgan fingerprint density at radius 1 is 0.789 bits per heavy atom. The molecule has 1 heterocycles. The van der Waals surface area contributed by atoms with Crippen LogP contribution in [0.5, 0.6) is 5.75 Å². The van der Waals surface area contributed by atoms with E-state index in [0.717, 1.165) is 16.9 Å². The summed E-state index contributed by atoms with van der Waals surface area (Å²) in [5.41, 5.74) is 2.60. The Balaban J connectivity index is 1.60. The first-order valence-corrected chi connectivity index (χ1v) is 19.9. The highest BCUT2D eigenvalue weighted by Crippen LogP contribution is 2.47. The standard InChI is InChI=1S/C30H37F2NO3Si2/c1-37(2,3)35-26-17-9-22(10-18-26)29-27(30(34)33(29)25-15-13-24(32)14-16-25)19-20-28(36-38(4,5)6)21-7-11-23(31)12-8-21/h7-18,27-29H,19-20H2,1-6H3/t27-,28+,29-/m0/s1. The smallest absolute Gasteiger partial charge is 0.242 e. The summed E-state index contributed by atoms with van der Waals surface area (Å²) in [7, 11) is -3.66. The molecule has 3 aromatic rings. The Bertz CT molecular complexity index is 1240. The second kappa shape index (κ2) is 11.1. The van der Waals surface area contributed by atoms with E-state index in [-0.39, 0.29) is 35.6 Å².